The summed E-state index contributed by atoms with van der Waals surface area (Å²) < 4.78 is 5.59. The molecule has 0 spiro atoms. The van der Waals surface area contributed by atoms with Crippen LogP contribution in [0.4, 0.5) is 0 Å². The fourth-order valence-corrected chi connectivity index (χ4v) is 3.82. The van der Waals surface area contributed by atoms with Crippen LogP contribution in [0.1, 0.15) is 51.8 Å². The maximum atomic E-state index is 11.3. The highest BCUT2D eigenvalue weighted by atomic mass is 16.4. The fourth-order valence-electron chi connectivity index (χ4n) is 3.82. The van der Waals surface area contributed by atoms with E-state index < -0.39 is 5.97 Å². The minimum atomic E-state index is -0.888. The number of hydrogen-bond donors (Lipinski definition) is 2. The molecule has 2 N–H and O–H groups in total. The Morgan fingerprint density at radius 3 is 3.08 bits per heavy atom. The molecule has 0 amide bonds. The Morgan fingerprint density at radius 1 is 1.40 bits per heavy atom. The first-order valence-electron chi connectivity index (χ1n) is 8.70. The van der Waals surface area contributed by atoms with Crippen molar-refractivity contribution in [1.82, 2.24) is 14.9 Å². The smallest absolute Gasteiger partial charge is 0.335 e. The molecule has 1 fully saturated rings. The predicted molar refractivity (Wildman–Crippen MR) is 91.6 cm³/mol. The third-order valence-corrected chi connectivity index (χ3v) is 5.30. The number of aromatic amines is 1. The standard InChI is InChI=1S/C19H19N3O3/c23-19(24)12-3-4-15-13(7-12)14-8-22(6-5-16(14)21-15)9-17-18(11-1-2-11)25-10-20-17/h3-4,7,10-11,21H,1-2,5-6,8-9H2,(H,23,24). The molecular weight excluding hydrogens is 318 g/mol. The SMILES string of the molecule is O=C(O)c1ccc2[nH]c3c(c2c1)CN(Cc1ncoc1C1CC1)CC3. The Bertz CT molecular complexity index is 968. The van der Waals surface area contributed by atoms with E-state index in [2.05, 4.69) is 14.9 Å². The van der Waals surface area contributed by atoms with E-state index in [0.29, 0.717) is 11.5 Å². The maximum absolute atomic E-state index is 11.3. The number of hydrogen-bond acceptors (Lipinski definition) is 4. The van der Waals surface area contributed by atoms with Crippen LogP contribution in [0.25, 0.3) is 10.9 Å². The number of fused-ring (bicyclic) bond motifs is 3. The molecule has 0 radical (unpaired) electrons. The van der Waals surface area contributed by atoms with Gasteiger partial charge in [-0.3, -0.25) is 4.90 Å². The van der Waals surface area contributed by atoms with Crippen LogP contribution >= 0.6 is 0 Å². The highest BCUT2D eigenvalue weighted by molar-refractivity contribution is 5.95. The monoisotopic (exact) mass is 337 g/mol. The number of aromatic carboxylic acids is 1. The molecule has 3 heterocycles. The lowest BCUT2D eigenvalue weighted by Crippen LogP contribution is -2.30. The van der Waals surface area contributed by atoms with Crippen molar-refractivity contribution in [3.05, 3.63) is 52.9 Å². The van der Waals surface area contributed by atoms with E-state index in [1.54, 1.807) is 18.5 Å². The van der Waals surface area contributed by atoms with Gasteiger partial charge in [0.05, 0.1) is 11.3 Å². The molecule has 0 bridgehead atoms. The second kappa shape index (κ2) is 5.46. The largest absolute Gasteiger partial charge is 0.478 e. The van der Waals surface area contributed by atoms with Gasteiger partial charge >= 0.3 is 5.97 Å². The van der Waals surface area contributed by atoms with Gasteiger partial charge in [0.1, 0.15) is 5.76 Å². The Morgan fingerprint density at radius 2 is 2.28 bits per heavy atom. The summed E-state index contributed by atoms with van der Waals surface area (Å²) in [6, 6.07) is 5.30. The summed E-state index contributed by atoms with van der Waals surface area (Å²) in [4.78, 5) is 21.5. The Labute approximate surface area is 144 Å². The molecule has 2 aliphatic rings. The zero-order valence-corrected chi connectivity index (χ0v) is 13.8. The first kappa shape index (κ1) is 14.7. The lowest BCUT2D eigenvalue weighted by Gasteiger charge is -2.26. The van der Waals surface area contributed by atoms with E-state index in [4.69, 9.17) is 4.42 Å². The number of carbonyl (C=O) groups is 1. The van der Waals surface area contributed by atoms with E-state index in [1.807, 2.05) is 6.07 Å². The average molecular weight is 337 g/mol. The number of rotatable bonds is 4. The molecule has 1 aliphatic carbocycles. The van der Waals surface area contributed by atoms with Crippen molar-refractivity contribution in [1.29, 1.82) is 0 Å². The van der Waals surface area contributed by atoms with Gasteiger partial charge in [0.25, 0.3) is 0 Å². The molecule has 1 aromatic carbocycles. The highest BCUT2D eigenvalue weighted by Gasteiger charge is 2.31. The maximum Gasteiger partial charge on any atom is 0.335 e. The predicted octanol–water partition coefficient (Wildman–Crippen LogP) is 3.29. The van der Waals surface area contributed by atoms with Gasteiger partial charge in [0.15, 0.2) is 6.39 Å². The summed E-state index contributed by atoms with van der Waals surface area (Å²) in [7, 11) is 0. The van der Waals surface area contributed by atoms with Crippen LogP contribution in [0.2, 0.25) is 0 Å². The zero-order valence-electron chi connectivity index (χ0n) is 13.8. The number of H-pyrrole nitrogens is 1. The van der Waals surface area contributed by atoms with Crippen LogP contribution in [0, 0.1) is 0 Å². The lowest BCUT2D eigenvalue weighted by atomic mass is 10.0. The second-order valence-corrected chi connectivity index (χ2v) is 7.05. The first-order chi connectivity index (χ1) is 12.2. The fraction of sp³-hybridized carbons (Fsp3) is 0.368. The summed E-state index contributed by atoms with van der Waals surface area (Å²) >= 11 is 0. The number of oxazole rings is 1. The first-order valence-corrected chi connectivity index (χ1v) is 8.70. The van der Waals surface area contributed by atoms with Crippen LogP contribution in [0.15, 0.2) is 29.0 Å². The quantitative estimate of drug-likeness (QED) is 0.763. The average Bonchev–Trinajstić information content (AvgIpc) is 3.24. The second-order valence-electron chi connectivity index (χ2n) is 7.05. The molecular formula is C19H19N3O3. The van der Waals surface area contributed by atoms with Crippen molar-refractivity contribution in [2.75, 3.05) is 6.54 Å². The highest BCUT2D eigenvalue weighted by Crippen LogP contribution is 2.42. The van der Waals surface area contributed by atoms with Gasteiger partial charge in [-0.1, -0.05) is 0 Å². The van der Waals surface area contributed by atoms with Crippen molar-refractivity contribution in [2.24, 2.45) is 0 Å². The molecule has 1 saturated carbocycles. The summed E-state index contributed by atoms with van der Waals surface area (Å²) in [6.45, 7) is 2.55. The number of nitrogens with zero attached hydrogens (tertiary/aromatic N) is 2. The summed E-state index contributed by atoms with van der Waals surface area (Å²) in [5.74, 6) is 0.725. The Hall–Kier alpha value is -2.60. The summed E-state index contributed by atoms with van der Waals surface area (Å²) in [6.07, 6.45) is 4.89. The molecule has 1 aliphatic heterocycles. The molecule has 2 aromatic heterocycles. The summed E-state index contributed by atoms with van der Waals surface area (Å²) in [5, 5.41) is 10.3. The zero-order chi connectivity index (χ0) is 17.0. The van der Waals surface area contributed by atoms with Gasteiger partial charge in [0, 0.05) is 48.6 Å². The van der Waals surface area contributed by atoms with Gasteiger partial charge in [-0.2, -0.15) is 0 Å². The molecule has 0 saturated heterocycles. The van der Waals surface area contributed by atoms with E-state index >= 15 is 0 Å². The van der Waals surface area contributed by atoms with E-state index in [1.165, 1.54) is 24.1 Å². The van der Waals surface area contributed by atoms with Crippen molar-refractivity contribution < 1.29 is 14.3 Å². The number of carboxylic acids is 1. The molecule has 5 rings (SSSR count). The van der Waals surface area contributed by atoms with Crippen LogP contribution in [0.5, 0.6) is 0 Å². The van der Waals surface area contributed by atoms with Crippen LogP contribution in [0.3, 0.4) is 0 Å². The van der Waals surface area contributed by atoms with E-state index in [-0.39, 0.29) is 0 Å². The molecule has 3 aromatic rings. The topological polar surface area (TPSA) is 82.4 Å². The number of aromatic nitrogens is 2. The van der Waals surface area contributed by atoms with Gasteiger partial charge < -0.3 is 14.5 Å². The van der Waals surface area contributed by atoms with Gasteiger partial charge in [-0.15, -0.1) is 0 Å². The van der Waals surface area contributed by atoms with Crippen molar-refractivity contribution in [3.8, 4) is 0 Å². The molecule has 25 heavy (non-hydrogen) atoms. The van der Waals surface area contributed by atoms with E-state index in [0.717, 1.165) is 48.4 Å². The number of nitrogens with one attached hydrogen (secondary N) is 1. The molecule has 6 nitrogen and oxygen atoms in total. The minimum absolute atomic E-state index is 0.332. The lowest BCUT2D eigenvalue weighted by molar-refractivity contribution is 0.0697. The van der Waals surface area contributed by atoms with Crippen molar-refractivity contribution in [3.63, 3.8) is 0 Å². The number of benzene rings is 1. The Balaban J connectivity index is 1.44. The third kappa shape index (κ3) is 2.53. The summed E-state index contributed by atoms with van der Waals surface area (Å²) in [5.41, 5.74) is 4.82. The molecule has 0 atom stereocenters. The van der Waals surface area contributed by atoms with Crippen LogP contribution in [-0.2, 0) is 19.5 Å². The number of carboxylic acid groups (broad SMARTS) is 1. The van der Waals surface area contributed by atoms with Gasteiger partial charge in [-0.25, -0.2) is 9.78 Å². The minimum Gasteiger partial charge on any atom is -0.478 e. The van der Waals surface area contributed by atoms with Crippen molar-refractivity contribution in [2.45, 2.75) is 38.3 Å². The Kier molecular flexibility index (Phi) is 3.21. The molecule has 128 valence electrons. The van der Waals surface area contributed by atoms with Crippen LogP contribution < -0.4 is 0 Å². The van der Waals surface area contributed by atoms with Crippen molar-refractivity contribution >= 4 is 16.9 Å². The molecule has 0 unspecified atom stereocenters. The third-order valence-electron chi connectivity index (χ3n) is 5.30. The normalized spacial score (nSPS) is 17.8. The van der Waals surface area contributed by atoms with Gasteiger partial charge in [0.2, 0.25) is 0 Å². The van der Waals surface area contributed by atoms with E-state index in [9.17, 15) is 9.90 Å². The van der Waals surface area contributed by atoms with Crippen LogP contribution in [-0.4, -0.2) is 32.5 Å². The molecule has 6 heteroatoms. The van der Waals surface area contributed by atoms with Gasteiger partial charge in [-0.05, 0) is 36.6 Å².